The molecular formula is C9H6ClNO. The fourth-order valence-corrected chi connectivity index (χ4v) is 0.966. The Hall–Kier alpha value is -1.46. The molecule has 0 unspecified atom stereocenters. The summed E-state index contributed by atoms with van der Waals surface area (Å²) in [6.45, 7) is 0. The van der Waals surface area contributed by atoms with E-state index in [1.165, 1.54) is 18.2 Å². The lowest BCUT2D eigenvalue weighted by Crippen LogP contribution is -1.73. The van der Waals surface area contributed by atoms with E-state index < -0.39 is 0 Å². The van der Waals surface area contributed by atoms with Gasteiger partial charge in [0.15, 0.2) is 0 Å². The molecule has 0 aliphatic carbocycles. The average molecular weight is 180 g/mol. The van der Waals surface area contributed by atoms with Crippen LogP contribution in [0.3, 0.4) is 0 Å². The Morgan fingerprint density at radius 1 is 1.50 bits per heavy atom. The van der Waals surface area contributed by atoms with Crippen LogP contribution < -0.4 is 0 Å². The zero-order chi connectivity index (χ0) is 8.97. The van der Waals surface area contributed by atoms with E-state index in [1.54, 1.807) is 12.1 Å². The lowest BCUT2D eigenvalue weighted by molar-refractivity contribution is 0.475. The molecule has 0 aromatic heterocycles. The quantitative estimate of drug-likeness (QED) is 0.674. The minimum atomic E-state index is 0.136. The van der Waals surface area contributed by atoms with Gasteiger partial charge in [0.25, 0.3) is 0 Å². The number of nitrogens with zero attached hydrogens (tertiary/aromatic N) is 1. The van der Waals surface area contributed by atoms with Crippen molar-refractivity contribution in [2.75, 3.05) is 0 Å². The van der Waals surface area contributed by atoms with E-state index in [0.29, 0.717) is 10.6 Å². The number of hydrogen-bond acceptors (Lipinski definition) is 2. The van der Waals surface area contributed by atoms with Gasteiger partial charge < -0.3 is 5.11 Å². The van der Waals surface area contributed by atoms with E-state index in [-0.39, 0.29) is 5.75 Å². The van der Waals surface area contributed by atoms with Crippen molar-refractivity contribution in [3.8, 4) is 11.8 Å². The molecule has 0 saturated heterocycles. The van der Waals surface area contributed by atoms with E-state index in [2.05, 4.69) is 0 Å². The van der Waals surface area contributed by atoms with Crippen LogP contribution in [0.25, 0.3) is 6.08 Å². The molecule has 0 bridgehead atoms. The molecule has 3 heteroatoms. The number of rotatable bonds is 1. The summed E-state index contributed by atoms with van der Waals surface area (Å²) in [6.07, 6.45) is 2.85. The molecule has 2 nitrogen and oxygen atoms in total. The van der Waals surface area contributed by atoms with Gasteiger partial charge in [-0.05, 0) is 29.8 Å². The van der Waals surface area contributed by atoms with Crippen LogP contribution in [0.5, 0.6) is 5.75 Å². The van der Waals surface area contributed by atoms with Gasteiger partial charge in [-0.1, -0.05) is 11.6 Å². The summed E-state index contributed by atoms with van der Waals surface area (Å²) >= 11 is 5.76. The van der Waals surface area contributed by atoms with Crippen LogP contribution in [0.4, 0.5) is 0 Å². The molecule has 0 saturated carbocycles. The number of benzene rings is 1. The summed E-state index contributed by atoms with van der Waals surface area (Å²) < 4.78 is 0. The van der Waals surface area contributed by atoms with Crippen molar-refractivity contribution >= 4 is 17.7 Å². The van der Waals surface area contributed by atoms with Crippen LogP contribution in [-0.2, 0) is 0 Å². The van der Waals surface area contributed by atoms with E-state index in [4.69, 9.17) is 22.0 Å². The minimum Gasteiger partial charge on any atom is -0.508 e. The summed E-state index contributed by atoms with van der Waals surface area (Å²) in [5, 5.41) is 17.8. The van der Waals surface area contributed by atoms with Crippen LogP contribution in [0.2, 0.25) is 5.02 Å². The highest BCUT2D eigenvalue weighted by molar-refractivity contribution is 6.32. The molecule has 1 rings (SSSR count). The second-order valence-electron chi connectivity index (χ2n) is 2.17. The van der Waals surface area contributed by atoms with Crippen LogP contribution in [0, 0.1) is 11.3 Å². The van der Waals surface area contributed by atoms with E-state index in [9.17, 15) is 0 Å². The van der Waals surface area contributed by atoms with Gasteiger partial charge >= 0.3 is 0 Å². The fraction of sp³-hybridized carbons (Fsp3) is 0. The van der Waals surface area contributed by atoms with Crippen molar-refractivity contribution in [3.63, 3.8) is 0 Å². The molecule has 60 valence electrons. The van der Waals surface area contributed by atoms with Gasteiger partial charge in [0.2, 0.25) is 0 Å². The molecule has 1 aromatic carbocycles. The number of aromatic hydroxyl groups is 1. The van der Waals surface area contributed by atoms with Gasteiger partial charge in [0.1, 0.15) is 5.75 Å². The first-order chi connectivity index (χ1) is 5.74. The summed E-state index contributed by atoms with van der Waals surface area (Å²) in [6, 6.07) is 6.41. The lowest BCUT2D eigenvalue weighted by Gasteiger charge is -1.97. The predicted octanol–water partition coefficient (Wildman–Crippen LogP) is 2.58. The van der Waals surface area contributed by atoms with Crippen LogP contribution in [-0.4, -0.2) is 5.11 Å². The molecule has 0 atom stereocenters. The largest absolute Gasteiger partial charge is 0.508 e. The summed E-state index contributed by atoms with van der Waals surface area (Å²) in [4.78, 5) is 0. The molecule has 1 N–H and O–H groups in total. The Bertz CT molecular complexity index is 352. The molecule has 0 radical (unpaired) electrons. The third-order valence-corrected chi connectivity index (χ3v) is 1.66. The highest BCUT2D eigenvalue weighted by Gasteiger charge is 1.96. The van der Waals surface area contributed by atoms with Gasteiger partial charge in [-0.3, -0.25) is 0 Å². The van der Waals surface area contributed by atoms with Gasteiger partial charge in [-0.25, -0.2) is 0 Å². The number of hydrogen-bond donors (Lipinski definition) is 1. The Morgan fingerprint density at radius 2 is 2.25 bits per heavy atom. The molecule has 0 aliphatic heterocycles. The third-order valence-electron chi connectivity index (χ3n) is 1.32. The zero-order valence-corrected chi connectivity index (χ0v) is 6.92. The molecule has 12 heavy (non-hydrogen) atoms. The number of nitriles is 1. The first-order valence-corrected chi connectivity index (χ1v) is 3.66. The topological polar surface area (TPSA) is 44.0 Å². The standard InChI is InChI=1S/C9H6ClNO/c10-9-4-3-8(12)6-7(9)2-1-5-11/h1-4,6,12H. The van der Waals surface area contributed by atoms with E-state index in [1.807, 2.05) is 6.07 Å². The summed E-state index contributed by atoms with van der Waals surface area (Å²) in [5.74, 6) is 0.136. The highest BCUT2D eigenvalue weighted by Crippen LogP contribution is 2.21. The SMILES string of the molecule is N#CC=Cc1cc(O)ccc1Cl. The molecule has 0 amide bonds. The molecular weight excluding hydrogens is 174 g/mol. The predicted molar refractivity (Wildman–Crippen MR) is 47.8 cm³/mol. The Morgan fingerprint density at radius 3 is 2.92 bits per heavy atom. The first-order valence-electron chi connectivity index (χ1n) is 3.28. The second-order valence-corrected chi connectivity index (χ2v) is 2.58. The number of phenolic OH excluding ortho intramolecular Hbond substituents is 1. The van der Waals surface area contributed by atoms with Crippen molar-refractivity contribution in [1.82, 2.24) is 0 Å². The maximum absolute atomic E-state index is 9.06. The molecule has 0 aliphatic rings. The Balaban J connectivity index is 3.07. The van der Waals surface area contributed by atoms with Crippen molar-refractivity contribution in [1.29, 1.82) is 5.26 Å². The number of allylic oxidation sites excluding steroid dienone is 1. The van der Waals surface area contributed by atoms with Crippen LogP contribution in [0.15, 0.2) is 24.3 Å². The number of phenols is 1. The summed E-state index contributed by atoms with van der Waals surface area (Å²) in [7, 11) is 0. The molecule has 0 spiro atoms. The smallest absolute Gasteiger partial charge is 0.116 e. The Labute approximate surface area is 75.3 Å². The first kappa shape index (κ1) is 8.63. The maximum Gasteiger partial charge on any atom is 0.116 e. The van der Waals surface area contributed by atoms with E-state index >= 15 is 0 Å². The minimum absolute atomic E-state index is 0.136. The van der Waals surface area contributed by atoms with Crippen molar-refractivity contribution in [2.45, 2.75) is 0 Å². The third kappa shape index (κ3) is 2.01. The maximum atomic E-state index is 9.06. The molecule has 0 heterocycles. The van der Waals surface area contributed by atoms with E-state index in [0.717, 1.165) is 0 Å². The normalized spacial score (nSPS) is 10.0. The van der Waals surface area contributed by atoms with Crippen LogP contribution in [0.1, 0.15) is 5.56 Å². The van der Waals surface area contributed by atoms with Crippen molar-refractivity contribution in [3.05, 3.63) is 34.9 Å². The Kier molecular flexibility index (Phi) is 2.73. The van der Waals surface area contributed by atoms with Crippen molar-refractivity contribution in [2.24, 2.45) is 0 Å². The monoisotopic (exact) mass is 179 g/mol. The average Bonchev–Trinajstić information content (AvgIpc) is 2.07. The fourth-order valence-electron chi connectivity index (χ4n) is 0.786. The second kappa shape index (κ2) is 3.80. The van der Waals surface area contributed by atoms with Gasteiger partial charge in [0, 0.05) is 11.1 Å². The van der Waals surface area contributed by atoms with Gasteiger partial charge in [-0.15, -0.1) is 0 Å². The molecule has 1 aromatic rings. The zero-order valence-electron chi connectivity index (χ0n) is 6.16. The summed E-state index contributed by atoms with van der Waals surface area (Å²) in [5.41, 5.74) is 0.637. The number of halogens is 1. The molecule has 0 fully saturated rings. The van der Waals surface area contributed by atoms with Crippen LogP contribution >= 0.6 is 11.6 Å². The van der Waals surface area contributed by atoms with Crippen molar-refractivity contribution < 1.29 is 5.11 Å². The van der Waals surface area contributed by atoms with Gasteiger partial charge in [0.05, 0.1) is 6.07 Å². The lowest BCUT2D eigenvalue weighted by atomic mass is 10.2. The van der Waals surface area contributed by atoms with Gasteiger partial charge in [-0.2, -0.15) is 5.26 Å². The highest BCUT2D eigenvalue weighted by atomic mass is 35.5.